The van der Waals surface area contributed by atoms with Crippen molar-refractivity contribution >= 4 is 23.0 Å². The minimum absolute atomic E-state index is 0.0175. The number of benzene rings is 2. The number of aromatic nitrogens is 2. The number of fused-ring (bicyclic) bond motifs is 2. The van der Waals surface area contributed by atoms with Gasteiger partial charge < -0.3 is 19.5 Å². The molecule has 0 aliphatic carbocycles. The summed E-state index contributed by atoms with van der Waals surface area (Å²) >= 11 is 0. The van der Waals surface area contributed by atoms with Crippen LogP contribution in [0.15, 0.2) is 60.9 Å². The van der Waals surface area contributed by atoms with Gasteiger partial charge in [0.1, 0.15) is 11.2 Å². The molecular formula is C30H32N4O3. The Morgan fingerprint density at radius 3 is 2.41 bits per heavy atom. The smallest absolute Gasteiger partial charge is 0.410 e. The monoisotopic (exact) mass is 496 g/mol. The standard InChI is InChI=1S/C30H32N4O3/c1-30(2,3)37-29(36)34-13-12-22-14-21(10-11-23(22)18-34)24-15-25-26(17-32-27(25)31-16-24)19-6-8-20(9-7-19)28(35)33(4)5/h6-11,14-17H,12-13,18H2,1-5H3,(H,31,32). The van der Waals surface area contributed by atoms with Crippen LogP contribution in [0.3, 0.4) is 0 Å². The number of nitrogens with one attached hydrogen (secondary N) is 1. The minimum Gasteiger partial charge on any atom is -0.444 e. The van der Waals surface area contributed by atoms with Crippen LogP contribution in [0.4, 0.5) is 4.79 Å². The molecule has 2 aromatic carbocycles. The largest absolute Gasteiger partial charge is 0.444 e. The summed E-state index contributed by atoms with van der Waals surface area (Å²) in [4.78, 5) is 36.0. The number of rotatable bonds is 3. The predicted molar refractivity (Wildman–Crippen MR) is 145 cm³/mol. The normalized spacial score (nSPS) is 13.4. The van der Waals surface area contributed by atoms with E-state index >= 15 is 0 Å². The molecule has 1 aliphatic heterocycles. The van der Waals surface area contributed by atoms with Crippen molar-refractivity contribution < 1.29 is 14.3 Å². The van der Waals surface area contributed by atoms with E-state index in [2.05, 4.69) is 34.2 Å². The maximum Gasteiger partial charge on any atom is 0.410 e. The van der Waals surface area contributed by atoms with Crippen LogP contribution in [0.1, 0.15) is 42.3 Å². The molecule has 5 rings (SSSR count). The molecule has 3 heterocycles. The van der Waals surface area contributed by atoms with Gasteiger partial charge in [-0.2, -0.15) is 0 Å². The zero-order valence-electron chi connectivity index (χ0n) is 22.0. The summed E-state index contributed by atoms with van der Waals surface area (Å²) in [6, 6.07) is 16.2. The van der Waals surface area contributed by atoms with E-state index in [9.17, 15) is 9.59 Å². The number of nitrogens with zero attached hydrogens (tertiary/aromatic N) is 3. The van der Waals surface area contributed by atoms with Crippen LogP contribution in [0, 0.1) is 0 Å². The zero-order valence-corrected chi connectivity index (χ0v) is 22.0. The highest BCUT2D eigenvalue weighted by molar-refractivity contribution is 5.98. The highest BCUT2D eigenvalue weighted by atomic mass is 16.6. The summed E-state index contributed by atoms with van der Waals surface area (Å²) in [7, 11) is 3.50. The molecule has 2 aromatic heterocycles. The van der Waals surface area contributed by atoms with Crippen LogP contribution < -0.4 is 0 Å². The lowest BCUT2D eigenvalue weighted by atomic mass is 9.94. The van der Waals surface area contributed by atoms with E-state index in [4.69, 9.17) is 4.74 Å². The molecule has 1 N–H and O–H groups in total. The molecule has 0 saturated heterocycles. The molecule has 37 heavy (non-hydrogen) atoms. The summed E-state index contributed by atoms with van der Waals surface area (Å²) in [6.45, 7) is 6.85. The first kappa shape index (κ1) is 24.6. The number of hydrogen-bond acceptors (Lipinski definition) is 4. The lowest BCUT2D eigenvalue weighted by Gasteiger charge is -2.31. The molecule has 2 amide bonds. The van der Waals surface area contributed by atoms with E-state index in [-0.39, 0.29) is 12.0 Å². The maximum atomic E-state index is 12.5. The fourth-order valence-corrected chi connectivity index (χ4v) is 4.67. The third-order valence-electron chi connectivity index (χ3n) is 6.58. The summed E-state index contributed by atoms with van der Waals surface area (Å²) in [5.74, 6) is -0.0175. The Hall–Kier alpha value is -4.13. The quantitative estimate of drug-likeness (QED) is 0.384. The molecule has 0 bridgehead atoms. The Balaban J connectivity index is 1.40. The molecule has 0 atom stereocenters. The molecule has 7 heteroatoms. The first-order chi connectivity index (χ1) is 17.6. The number of pyridine rings is 1. The third-order valence-corrected chi connectivity index (χ3v) is 6.58. The van der Waals surface area contributed by atoms with E-state index in [0.29, 0.717) is 18.7 Å². The van der Waals surface area contributed by atoms with Crippen molar-refractivity contribution in [3.63, 3.8) is 0 Å². The van der Waals surface area contributed by atoms with Gasteiger partial charge in [-0.1, -0.05) is 30.3 Å². The lowest BCUT2D eigenvalue weighted by Crippen LogP contribution is -2.39. The molecule has 7 nitrogen and oxygen atoms in total. The highest BCUT2D eigenvalue weighted by Crippen LogP contribution is 2.33. The maximum absolute atomic E-state index is 12.5. The van der Waals surface area contributed by atoms with Crippen molar-refractivity contribution in [2.24, 2.45) is 0 Å². The Morgan fingerprint density at radius 2 is 1.70 bits per heavy atom. The van der Waals surface area contributed by atoms with Gasteiger partial charge in [-0.3, -0.25) is 4.79 Å². The Labute approximate surface area is 217 Å². The molecule has 190 valence electrons. The second-order valence-corrected chi connectivity index (χ2v) is 10.7. The summed E-state index contributed by atoms with van der Waals surface area (Å²) in [6.07, 6.45) is 4.36. The van der Waals surface area contributed by atoms with Gasteiger partial charge in [-0.15, -0.1) is 0 Å². The first-order valence-electron chi connectivity index (χ1n) is 12.5. The van der Waals surface area contributed by atoms with Crippen LogP contribution in [0.5, 0.6) is 0 Å². The number of carbonyl (C=O) groups excluding carboxylic acids is 2. The van der Waals surface area contributed by atoms with Crippen molar-refractivity contribution in [1.82, 2.24) is 19.8 Å². The molecular weight excluding hydrogens is 464 g/mol. The van der Waals surface area contributed by atoms with Gasteiger partial charge in [0.2, 0.25) is 0 Å². The van der Waals surface area contributed by atoms with E-state index < -0.39 is 5.60 Å². The topological polar surface area (TPSA) is 78.5 Å². The van der Waals surface area contributed by atoms with Crippen LogP contribution in [0.25, 0.3) is 33.3 Å². The first-order valence-corrected chi connectivity index (χ1v) is 12.5. The van der Waals surface area contributed by atoms with Crippen molar-refractivity contribution in [2.75, 3.05) is 20.6 Å². The van der Waals surface area contributed by atoms with Crippen LogP contribution >= 0.6 is 0 Å². The number of hydrogen-bond donors (Lipinski definition) is 1. The Bertz CT molecular complexity index is 1480. The van der Waals surface area contributed by atoms with Gasteiger partial charge in [-0.05, 0) is 67.6 Å². The van der Waals surface area contributed by atoms with Crippen molar-refractivity contribution in [1.29, 1.82) is 0 Å². The van der Waals surface area contributed by atoms with Crippen LogP contribution in [0.2, 0.25) is 0 Å². The Morgan fingerprint density at radius 1 is 0.973 bits per heavy atom. The fraction of sp³-hybridized carbons (Fsp3) is 0.300. The van der Waals surface area contributed by atoms with Gasteiger partial charge in [0.05, 0.1) is 0 Å². The summed E-state index contributed by atoms with van der Waals surface area (Å²) < 4.78 is 5.55. The van der Waals surface area contributed by atoms with Gasteiger partial charge in [0.15, 0.2) is 0 Å². The summed E-state index contributed by atoms with van der Waals surface area (Å²) in [5.41, 5.74) is 7.55. The van der Waals surface area contributed by atoms with Gasteiger partial charge in [0.25, 0.3) is 5.91 Å². The molecule has 0 unspecified atom stereocenters. The number of amides is 2. The van der Waals surface area contributed by atoms with Crippen molar-refractivity contribution in [3.8, 4) is 22.3 Å². The van der Waals surface area contributed by atoms with E-state index in [1.165, 1.54) is 5.56 Å². The third kappa shape index (κ3) is 5.07. The number of aromatic amines is 1. The van der Waals surface area contributed by atoms with Crippen LogP contribution in [-0.2, 0) is 17.7 Å². The van der Waals surface area contributed by atoms with Crippen molar-refractivity contribution in [2.45, 2.75) is 39.3 Å². The molecule has 4 aromatic rings. The molecule has 0 fully saturated rings. The van der Waals surface area contributed by atoms with Crippen molar-refractivity contribution in [3.05, 3.63) is 77.6 Å². The average Bonchev–Trinajstić information content (AvgIpc) is 3.30. The van der Waals surface area contributed by atoms with E-state index in [0.717, 1.165) is 45.3 Å². The highest BCUT2D eigenvalue weighted by Gasteiger charge is 2.26. The zero-order chi connectivity index (χ0) is 26.3. The number of H-pyrrole nitrogens is 1. The predicted octanol–water partition coefficient (Wildman–Crippen LogP) is 5.89. The Kier molecular flexibility index (Phi) is 6.23. The van der Waals surface area contributed by atoms with E-state index in [1.807, 2.05) is 57.4 Å². The molecule has 0 radical (unpaired) electrons. The fourth-order valence-electron chi connectivity index (χ4n) is 4.67. The second-order valence-electron chi connectivity index (χ2n) is 10.7. The SMILES string of the molecule is CN(C)C(=O)c1ccc(-c2c[nH]c3ncc(-c4ccc5c(c4)CCN(C(=O)OC(C)(C)C)C5)cc23)cc1. The lowest BCUT2D eigenvalue weighted by molar-refractivity contribution is 0.0224. The van der Waals surface area contributed by atoms with Gasteiger partial charge in [0, 0.05) is 61.7 Å². The molecule has 1 aliphatic rings. The molecule has 0 spiro atoms. The van der Waals surface area contributed by atoms with E-state index in [1.54, 1.807) is 23.9 Å². The van der Waals surface area contributed by atoms with Crippen LogP contribution in [-0.4, -0.2) is 58.0 Å². The number of ether oxygens (including phenoxy) is 1. The summed E-state index contributed by atoms with van der Waals surface area (Å²) in [5, 5.41) is 1.03. The minimum atomic E-state index is -0.504. The molecule has 0 saturated carbocycles. The second kappa shape index (κ2) is 9.39. The average molecular weight is 497 g/mol. The number of carbonyl (C=O) groups is 2. The van der Waals surface area contributed by atoms with Gasteiger partial charge in [-0.25, -0.2) is 9.78 Å². The van der Waals surface area contributed by atoms with Gasteiger partial charge >= 0.3 is 6.09 Å².